The summed E-state index contributed by atoms with van der Waals surface area (Å²) in [6, 6.07) is -0.377. The molecule has 0 aliphatic heterocycles. The summed E-state index contributed by atoms with van der Waals surface area (Å²) >= 11 is 0. The van der Waals surface area contributed by atoms with Gasteiger partial charge < -0.3 is 5.73 Å². The Kier molecular flexibility index (Phi) is 5.86. The molecular formula is C3H9Cl2NO2S. The number of halogens is 2. The maximum Gasteiger partial charge on any atom is 0.234 e. The molecule has 0 heterocycles. The largest absolute Gasteiger partial charge is 0.327 e. The molecule has 0 saturated heterocycles. The summed E-state index contributed by atoms with van der Waals surface area (Å²) < 4.78 is 20.3. The molecule has 1 atom stereocenters. The highest BCUT2D eigenvalue weighted by atomic mass is 35.7. The van der Waals surface area contributed by atoms with Crippen molar-refractivity contribution in [3.63, 3.8) is 0 Å². The Labute approximate surface area is 65.4 Å². The molecule has 0 fully saturated rings. The summed E-state index contributed by atoms with van der Waals surface area (Å²) in [4.78, 5) is 0. The summed E-state index contributed by atoms with van der Waals surface area (Å²) in [5.74, 6) is -0.158. The van der Waals surface area contributed by atoms with E-state index in [0.29, 0.717) is 0 Å². The fraction of sp³-hybridized carbons (Fsp3) is 1.00. The van der Waals surface area contributed by atoms with Crippen LogP contribution in [0.15, 0.2) is 0 Å². The molecule has 9 heavy (non-hydrogen) atoms. The lowest BCUT2D eigenvalue weighted by Crippen LogP contribution is -2.23. The summed E-state index contributed by atoms with van der Waals surface area (Å²) in [6.45, 7) is 1.58. The Morgan fingerprint density at radius 2 is 2.00 bits per heavy atom. The molecule has 0 aliphatic rings. The van der Waals surface area contributed by atoms with Crippen molar-refractivity contribution in [3.8, 4) is 0 Å². The van der Waals surface area contributed by atoms with E-state index in [2.05, 4.69) is 0 Å². The van der Waals surface area contributed by atoms with Gasteiger partial charge in [-0.2, -0.15) is 0 Å². The van der Waals surface area contributed by atoms with Gasteiger partial charge in [-0.25, -0.2) is 8.42 Å². The predicted molar refractivity (Wildman–Crippen MR) is 40.5 cm³/mol. The molecule has 0 aliphatic carbocycles. The van der Waals surface area contributed by atoms with Crippen LogP contribution in [-0.2, 0) is 9.05 Å². The predicted octanol–water partition coefficient (Wildman–Crippen LogP) is 0.324. The third-order valence-corrected chi connectivity index (χ3v) is 1.76. The zero-order valence-corrected chi connectivity index (χ0v) is 7.26. The minimum absolute atomic E-state index is 0. The van der Waals surface area contributed by atoms with Gasteiger partial charge in [0.05, 0.1) is 5.75 Å². The van der Waals surface area contributed by atoms with E-state index in [-0.39, 0.29) is 24.2 Å². The van der Waals surface area contributed by atoms with E-state index in [0.717, 1.165) is 0 Å². The smallest absolute Gasteiger partial charge is 0.234 e. The molecule has 0 rings (SSSR count). The minimum Gasteiger partial charge on any atom is -0.327 e. The fourth-order valence-corrected chi connectivity index (χ4v) is 1.54. The third-order valence-electron chi connectivity index (χ3n) is 0.462. The summed E-state index contributed by atoms with van der Waals surface area (Å²) in [5.41, 5.74) is 5.11. The molecule has 0 saturated carbocycles. The lowest BCUT2D eigenvalue weighted by atomic mass is 10.4. The van der Waals surface area contributed by atoms with Crippen LogP contribution in [0.25, 0.3) is 0 Å². The van der Waals surface area contributed by atoms with Crippen molar-refractivity contribution >= 4 is 32.1 Å². The van der Waals surface area contributed by atoms with E-state index >= 15 is 0 Å². The second-order valence-corrected chi connectivity index (χ2v) is 4.50. The van der Waals surface area contributed by atoms with Crippen molar-refractivity contribution in [2.45, 2.75) is 13.0 Å². The summed E-state index contributed by atoms with van der Waals surface area (Å²) in [6.07, 6.45) is 0. The second-order valence-electron chi connectivity index (χ2n) is 1.68. The molecule has 1 unspecified atom stereocenters. The number of hydrogen-bond acceptors (Lipinski definition) is 3. The van der Waals surface area contributed by atoms with Crippen LogP contribution in [0.5, 0.6) is 0 Å². The van der Waals surface area contributed by atoms with Gasteiger partial charge in [-0.05, 0) is 6.92 Å². The molecule has 0 aromatic heterocycles. The number of hydrogen-bond donors (Lipinski definition) is 1. The molecule has 0 spiro atoms. The highest BCUT2D eigenvalue weighted by Crippen LogP contribution is 1.96. The lowest BCUT2D eigenvalue weighted by molar-refractivity contribution is 0.604. The third kappa shape index (κ3) is 11.9. The van der Waals surface area contributed by atoms with Crippen molar-refractivity contribution in [2.75, 3.05) is 5.75 Å². The number of rotatable bonds is 2. The Morgan fingerprint density at radius 1 is 1.67 bits per heavy atom. The first-order valence-corrected chi connectivity index (χ1v) is 4.57. The van der Waals surface area contributed by atoms with Crippen molar-refractivity contribution < 1.29 is 8.42 Å². The molecule has 2 N–H and O–H groups in total. The number of nitrogens with two attached hydrogens (primary N) is 1. The summed E-state index contributed by atoms with van der Waals surface area (Å²) in [7, 11) is 1.44. The van der Waals surface area contributed by atoms with E-state index in [1.54, 1.807) is 6.92 Å². The van der Waals surface area contributed by atoms with Crippen LogP contribution >= 0.6 is 23.1 Å². The Morgan fingerprint density at radius 3 is 2.00 bits per heavy atom. The SMILES string of the molecule is CC(N)CS(=O)(=O)Cl.Cl. The van der Waals surface area contributed by atoms with Crippen LogP contribution in [0.3, 0.4) is 0 Å². The molecule has 0 bridgehead atoms. The molecule has 0 aromatic carbocycles. The van der Waals surface area contributed by atoms with E-state index < -0.39 is 9.05 Å². The summed E-state index contributed by atoms with van der Waals surface area (Å²) in [5, 5.41) is 0. The van der Waals surface area contributed by atoms with Gasteiger partial charge >= 0.3 is 0 Å². The Hall–Kier alpha value is 0.490. The molecule has 58 valence electrons. The van der Waals surface area contributed by atoms with Gasteiger partial charge in [0, 0.05) is 16.7 Å². The second kappa shape index (κ2) is 4.33. The van der Waals surface area contributed by atoms with Crippen LogP contribution in [0.1, 0.15) is 6.92 Å². The Balaban J connectivity index is 0. The van der Waals surface area contributed by atoms with E-state index in [1.807, 2.05) is 0 Å². The first-order chi connectivity index (χ1) is 3.42. The normalized spacial score (nSPS) is 14.1. The maximum absolute atomic E-state index is 10.1. The van der Waals surface area contributed by atoms with Crippen molar-refractivity contribution in [2.24, 2.45) is 5.73 Å². The average Bonchev–Trinajstić information content (AvgIpc) is 1.21. The van der Waals surface area contributed by atoms with Crippen LogP contribution in [0.2, 0.25) is 0 Å². The molecular weight excluding hydrogens is 185 g/mol. The highest BCUT2D eigenvalue weighted by molar-refractivity contribution is 8.13. The average molecular weight is 194 g/mol. The van der Waals surface area contributed by atoms with Gasteiger partial charge in [0.15, 0.2) is 0 Å². The minimum atomic E-state index is -3.38. The van der Waals surface area contributed by atoms with Crippen LogP contribution in [0, 0.1) is 0 Å². The van der Waals surface area contributed by atoms with Gasteiger partial charge in [0.1, 0.15) is 0 Å². The standard InChI is InChI=1S/C3H8ClNO2S.ClH/c1-3(5)2-8(4,6)7;/h3H,2,5H2,1H3;1H. The highest BCUT2D eigenvalue weighted by Gasteiger charge is 2.06. The maximum atomic E-state index is 10.1. The first kappa shape index (κ1) is 12.2. The van der Waals surface area contributed by atoms with Gasteiger partial charge in [0.2, 0.25) is 9.05 Å². The molecule has 0 radical (unpaired) electrons. The Bertz CT molecular complexity index is 153. The van der Waals surface area contributed by atoms with Crippen LogP contribution in [-0.4, -0.2) is 20.2 Å². The van der Waals surface area contributed by atoms with Gasteiger partial charge in [-0.15, -0.1) is 12.4 Å². The van der Waals surface area contributed by atoms with Crippen molar-refractivity contribution in [1.29, 1.82) is 0 Å². The molecule has 3 nitrogen and oxygen atoms in total. The van der Waals surface area contributed by atoms with E-state index in [4.69, 9.17) is 16.4 Å². The quantitative estimate of drug-likeness (QED) is 0.644. The topological polar surface area (TPSA) is 60.2 Å². The zero-order chi connectivity index (χ0) is 6.78. The molecule has 0 aromatic rings. The van der Waals surface area contributed by atoms with E-state index in [1.165, 1.54) is 0 Å². The van der Waals surface area contributed by atoms with Crippen LogP contribution < -0.4 is 5.73 Å². The van der Waals surface area contributed by atoms with Gasteiger partial charge in [0.25, 0.3) is 0 Å². The molecule has 0 amide bonds. The van der Waals surface area contributed by atoms with Crippen LogP contribution in [0.4, 0.5) is 0 Å². The van der Waals surface area contributed by atoms with Gasteiger partial charge in [-0.1, -0.05) is 0 Å². The lowest BCUT2D eigenvalue weighted by Gasteiger charge is -1.97. The van der Waals surface area contributed by atoms with Crippen molar-refractivity contribution in [3.05, 3.63) is 0 Å². The zero-order valence-electron chi connectivity index (χ0n) is 4.87. The van der Waals surface area contributed by atoms with Gasteiger partial charge in [-0.3, -0.25) is 0 Å². The first-order valence-electron chi connectivity index (χ1n) is 2.10. The van der Waals surface area contributed by atoms with Crippen molar-refractivity contribution in [1.82, 2.24) is 0 Å². The molecule has 6 heteroatoms. The fourth-order valence-electron chi connectivity index (χ4n) is 0.314. The van der Waals surface area contributed by atoms with E-state index in [9.17, 15) is 8.42 Å². The monoisotopic (exact) mass is 193 g/mol.